The highest BCUT2D eigenvalue weighted by Crippen LogP contribution is 2.29. The Morgan fingerprint density at radius 3 is 2.63 bits per heavy atom. The van der Waals surface area contributed by atoms with Crippen molar-refractivity contribution >= 4 is 23.0 Å². The van der Waals surface area contributed by atoms with Crippen LogP contribution in [0.15, 0.2) is 24.5 Å². The average Bonchev–Trinajstić information content (AvgIpc) is 3.07. The summed E-state index contributed by atoms with van der Waals surface area (Å²) in [5, 5.41) is 9.61. The van der Waals surface area contributed by atoms with E-state index in [0.29, 0.717) is 17.8 Å². The Morgan fingerprint density at radius 2 is 2.00 bits per heavy atom. The van der Waals surface area contributed by atoms with Gasteiger partial charge in [0.05, 0.1) is 23.5 Å². The average molecular weight is 371 g/mol. The molecule has 7 nitrogen and oxygen atoms in total. The first kappa shape index (κ1) is 19.1. The van der Waals surface area contributed by atoms with E-state index >= 15 is 0 Å². The number of carbonyl (C=O) groups excluding carboxylic acids is 1. The maximum Gasteiger partial charge on any atom is 0.253 e. The van der Waals surface area contributed by atoms with Crippen molar-refractivity contribution in [3.05, 3.63) is 35.9 Å². The molecule has 1 amide bonds. The SMILES string of the molecule is CNc1cc(NCc2nccn2C)c(C(=O)N[C@H]2CC[C@H](C)CC2)cc1N. The van der Waals surface area contributed by atoms with Crippen LogP contribution in [0.2, 0.25) is 0 Å². The van der Waals surface area contributed by atoms with E-state index in [4.69, 9.17) is 5.73 Å². The molecule has 1 aromatic carbocycles. The summed E-state index contributed by atoms with van der Waals surface area (Å²) in [5.41, 5.74) is 8.79. The number of hydrogen-bond acceptors (Lipinski definition) is 5. The van der Waals surface area contributed by atoms with Crippen LogP contribution in [-0.4, -0.2) is 28.5 Å². The Hall–Kier alpha value is -2.70. The van der Waals surface area contributed by atoms with Crippen molar-refractivity contribution in [1.29, 1.82) is 0 Å². The fraction of sp³-hybridized carbons (Fsp3) is 0.500. The Labute approximate surface area is 160 Å². The second-order valence-corrected chi connectivity index (χ2v) is 7.47. The Kier molecular flexibility index (Phi) is 5.88. The number of anilines is 3. The first-order chi connectivity index (χ1) is 13.0. The van der Waals surface area contributed by atoms with Crippen molar-refractivity contribution in [2.24, 2.45) is 13.0 Å². The number of hydrogen-bond donors (Lipinski definition) is 4. The number of carbonyl (C=O) groups is 1. The standard InChI is InChI=1S/C20H30N6O/c1-13-4-6-14(7-5-13)25-20(27)15-10-16(21)18(22-2)11-17(15)24-12-19-23-8-9-26(19)3/h8-11,13-14,22,24H,4-7,12,21H2,1-3H3,(H,25,27)/t13-,14-. The van der Waals surface area contributed by atoms with Crippen molar-refractivity contribution in [3.8, 4) is 0 Å². The number of nitrogens with zero attached hydrogens (tertiary/aromatic N) is 2. The lowest BCUT2D eigenvalue weighted by Crippen LogP contribution is -2.37. The van der Waals surface area contributed by atoms with Gasteiger partial charge < -0.3 is 26.3 Å². The molecule has 1 saturated carbocycles. The van der Waals surface area contributed by atoms with Gasteiger partial charge in [0, 0.05) is 38.2 Å². The topological polar surface area (TPSA) is 97.0 Å². The van der Waals surface area contributed by atoms with Gasteiger partial charge in [0.25, 0.3) is 5.91 Å². The third-order valence-corrected chi connectivity index (χ3v) is 5.41. The van der Waals surface area contributed by atoms with Crippen molar-refractivity contribution in [2.45, 2.75) is 45.2 Å². The number of aromatic nitrogens is 2. The number of amides is 1. The minimum Gasteiger partial charge on any atom is -0.397 e. The van der Waals surface area contributed by atoms with Gasteiger partial charge >= 0.3 is 0 Å². The quantitative estimate of drug-likeness (QED) is 0.586. The molecular formula is C20H30N6O. The lowest BCUT2D eigenvalue weighted by Gasteiger charge is -2.27. The molecule has 1 fully saturated rings. The number of benzene rings is 1. The van der Waals surface area contributed by atoms with Gasteiger partial charge in [-0.25, -0.2) is 4.98 Å². The Balaban J connectivity index is 1.78. The molecule has 0 aliphatic heterocycles. The highest BCUT2D eigenvalue weighted by molar-refractivity contribution is 6.02. The molecule has 0 bridgehead atoms. The summed E-state index contributed by atoms with van der Waals surface area (Å²) in [6.07, 6.45) is 8.06. The summed E-state index contributed by atoms with van der Waals surface area (Å²) < 4.78 is 1.95. The van der Waals surface area contributed by atoms with Crippen LogP contribution >= 0.6 is 0 Å². The van der Waals surface area contributed by atoms with Crippen LogP contribution < -0.4 is 21.7 Å². The van der Waals surface area contributed by atoms with Crippen LogP contribution in [0, 0.1) is 5.92 Å². The van der Waals surface area contributed by atoms with Gasteiger partial charge in [-0.3, -0.25) is 4.79 Å². The molecule has 1 aliphatic carbocycles. The van der Waals surface area contributed by atoms with Gasteiger partial charge in [-0.05, 0) is 43.7 Å². The number of nitrogens with one attached hydrogen (secondary N) is 3. The summed E-state index contributed by atoms with van der Waals surface area (Å²) >= 11 is 0. The molecule has 3 rings (SSSR count). The second kappa shape index (κ2) is 8.33. The van der Waals surface area contributed by atoms with E-state index < -0.39 is 0 Å². The fourth-order valence-electron chi connectivity index (χ4n) is 3.58. The molecule has 7 heteroatoms. The second-order valence-electron chi connectivity index (χ2n) is 7.47. The number of nitrogens with two attached hydrogens (primary N) is 1. The van der Waals surface area contributed by atoms with E-state index in [0.717, 1.165) is 48.8 Å². The van der Waals surface area contributed by atoms with Crippen LogP contribution in [0.25, 0.3) is 0 Å². The summed E-state index contributed by atoms with van der Waals surface area (Å²) in [6, 6.07) is 3.87. The molecule has 1 aliphatic rings. The zero-order valence-electron chi connectivity index (χ0n) is 16.4. The first-order valence-corrected chi connectivity index (χ1v) is 9.60. The van der Waals surface area contributed by atoms with Gasteiger partial charge in [0.1, 0.15) is 5.82 Å². The number of aryl methyl sites for hydroxylation is 1. The van der Waals surface area contributed by atoms with Crippen molar-refractivity contribution in [1.82, 2.24) is 14.9 Å². The van der Waals surface area contributed by atoms with Gasteiger partial charge in [-0.2, -0.15) is 0 Å². The van der Waals surface area contributed by atoms with Crippen LogP contribution in [0.4, 0.5) is 17.1 Å². The summed E-state index contributed by atoms with van der Waals surface area (Å²) in [6.45, 7) is 2.80. The summed E-state index contributed by atoms with van der Waals surface area (Å²) in [5.74, 6) is 1.57. The molecule has 0 unspecified atom stereocenters. The van der Waals surface area contributed by atoms with E-state index in [9.17, 15) is 4.79 Å². The number of nitrogen functional groups attached to an aromatic ring is 1. The maximum absolute atomic E-state index is 12.9. The van der Waals surface area contributed by atoms with Gasteiger partial charge in [0.15, 0.2) is 0 Å². The van der Waals surface area contributed by atoms with E-state index in [-0.39, 0.29) is 11.9 Å². The monoisotopic (exact) mass is 370 g/mol. The molecule has 0 spiro atoms. The largest absolute Gasteiger partial charge is 0.397 e. The predicted octanol–water partition coefficient (Wildman–Crippen LogP) is 2.96. The molecule has 0 radical (unpaired) electrons. The molecule has 5 N–H and O–H groups in total. The molecule has 1 heterocycles. The number of imidazole rings is 1. The lowest BCUT2D eigenvalue weighted by molar-refractivity contribution is 0.0924. The third-order valence-electron chi connectivity index (χ3n) is 5.41. The normalized spacial score (nSPS) is 19.5. The van der Waals surface area contributed by atoms with Crippen molar-refractivity contribution < 1.29 is 4.79 Å². The van der Waals surface area contributed by atoms with Crippen molar-refractivity contribution in [2.75, 3.05) is 23.4 Å². The van der Waals surface area contributed by atoms with E-state index in [2.05, 4.69) is 27.9 Å². The van der Waals surface area contributed by atoms with E-state index in [1.54, 1.807) is 12.3 Å². The first-order valence-electron chi connectivity index (χ1n) is 9.60. The zero-order chi connectivity index (χ0) is 19.4. The zero-order valence-corrected chi connectivity index (χ0v) is 16.4. The molecule has 1 aromatic heterocycles. The highest BCUT2D eigenvalue weighted by atomic mass is 16.1. The third kappa shape index (κ3) is 4.53. The van der Waals surface area contributed by atoms with Crippen molar-refractivity contribution in [3.63, 3.8) is 0 Å². The minimum atomic E-state index is -0.0775. The Bertz CT molecular complexity index is 792. The Morgan fingerprint density at radius 1 is 1.26 bits per heavy atom. The summed E-state index contributed by atoms with van der Waals surface area (Å²) in [7, 11) is 3.76. The molecule has 2 aromatic rings. The van der Waals surface area contributed by atoms with Gasteiger partial charge in [-0.1, -0.05) is 6.92 Å². The van der Waals surface area contributed by atoms with Gasteiger partial charge in [-0.15, -0.1) is 0 Å². The predicted molar refractivity (Wildman–Crippen MR) is 110 cm³/mol. The fourth-order valence-corrected chi connectivity index (χ4v) is 3.58. The number of rotatable bonds is 6. The summed E-state index contributed by atoms with van der Waals surface area (Å²) in [4.78, 5) is 17.3. The van der Waals surface area contributed by atoms with E-state index in [1.165, 1.54) is 0 Å². The van der Waals surface area contributed by atoms with Gasteiger partial charge in [0.2, 0.25) is 0 Å². The van der Waals surface area contributed by atoms with Crippen LogP contribution in [0.5, 0.6) is 0 Å². The maximum atomic E-state index is 12.9. The van der Waals surface area contributed by atoms with Crippen LogP contribution in [0.1, 0.15) is 48.8 Å². The molecule has 0 atom stereocenters. The van der Waals surface area contributed by atoms with Crippen LogP contribution in [0.3, 0.4) is 0 Å². The smallest absolute Gasteiger partial charge is 0.253 e. The lowest BCUT2D eigenvalue weighted by atomic mass is 9.87. The minimum absolute atomic E-state index is 0.0775. The molecule has 0 saturated heterocycles. The molecule has 146 valence electrons. The highest BCUT2D eigenvalue weighted by Gasteiger charge is 2.22. The van der Waals surface area contributed by atoms with E-state index in [1.807, 2.05) is 30.9 Å². The molecular weight excluding hydrogens is 340 g/mol. The molecule has 27 heavy (non-hydrogen) atoms. The van der Waals surface area contributed by atoms with Crippen LogP contribution in [-0.2, 0) is 13.6 Å².